The molecule has 1 aromatic rings. The normalized spacial score (nSPS) is 21.8. The molecule has 0 bridgehead atoms. The van der Waals surface area contributed by atoms with Crippen molar-refractivity contribution in [3.63, 3.8) is 0 Å². The summed E-state index contributed by atoms with van der Waals surface area (Å²) in [6.45, 7) is 7.10. The van der Waals surface area contributed by atoms with Crippen molar-refractivity contribution in [1.82, 2.24) is 5.32 Å². The average molecular weight is 312 g/mol. The standard InChI is InChI=1S/C15H22BrNO/c1-3-17-15(12-7-5-9-18-10-12)13-8-4-6-11(2)14(13)16/h4,6,8,12,15,17H,3,5,7,9-10H2,1-2H3. The SMILES string of the molecule is CCNC(c1cccc(C)c1Br)C1CCCOC1. The van der Waals surface area contributed by atoms with Gasteiger partial charge in [0.2, 0.25) is 0 Å². The summed E-state index contributed by atoms with van der Waals surface area (Å²) in [5.74, 6) is 0.580. The van der Waals surface area contributed by atoms with Crippen molar-refractivity contribution in [3.05, 3.63) is 33.8 Å². The van der Waals surface area contributed by atoms with Crippen LogP contribution in [0.1, 0.15) is 36.9 Å². The molecule has 1 N–H and O–H groups in total. The molecule has 0 spiro atoms. The second kappa shape index (κ2) is 6.69. The van der Waals surface area contributed by atoms with Gasteiger partial charge in [0.15, 0.2) is 0 Å². The van der Waals surface area contributed by atoms with Crippen LogP contribution < -0.4 is 5.32 Å². The predicted molar refractivity (Wildman–Crippen MR) is 78.8 cm³/mol. The number of halogens is 1. The van der Waals surface area contributed by atoms with E-state index in [0.29, 0.717) is 12.0 Å². The van der Waals surface area contributed by atoms with E-state index in [-0.39, 0.29) is 0 Å². The van der Waals surface area contributed by atoms with E-state index in [9.17, 15) is 0 Å². The Labute approximate surface area is 118 Å². The lowest BCUT2D eigenvalue weighted by Gasteiger charge is -2.32. The number of rotatable bonds is 4. The number of ether oxygens (including phenoxy) is 1. The van der Waals surface area contributed by atoms with Gasteiger partial charge in [0.1, 0.15) is 0 Å². The van der Waals surface area contributed by atoms with Crippen molar-refractivity contribution in [2.45, 2.75) is 32.7 Å². The topological polar surface area (TPSA) is 21.3 Å². The molecule has 0 saturated carbocycles. The lowest BCUT2D eigenvalue weighted by molar-refractivity contribution is 0.0391. The number of hydrogen-bond acceptors (Lipinski definition) is 2. The zero-order valence-corrected chi connectivity index (χ0v) is 12.8. The van der Waals surface area contributed by atoms with Crippen LogP contribution in [0.5, 0.6) is 0 Å². The summed E-state index contributed by atoms with van der Waals surface area (Å²) >= 11 is 3.74. The summed E-state index contributed by atoms with van der Waals surface area (Å²) < 4.78 is 6.88. The van der Waals surface area contributed by atoms with E-state index >= 15 is 0 Å². The Bertz CT molecular complexity index is 388. The van der Waals surface area contributed by atoms with E-state index in [0.717, 1.165) is 19.8 Å². The maximum absolute atomic E-state index is 5.65. The van der Waals surface area contributed by atoms with Crippen molar-refractivity contribution in [2.75, 3.05) is 19.8 Å². The molecule has 0 amide bonds. The third kappa shape index (κ3) is 3.14. The maximum Gasteiger partial charge on any atom is 0.0512 e. The maximum atomic E-state index is 5.65. The first-order chi connectivity index (χ1) is 8.74. The highest BCUT2D eigenvalue weighted by molar-refractivity contribution is 9.10. The van der Waals surface area contributed by atoms with Gasteiger partial charge in [-0.1, -0.05) is 41.1 Å². The second-order valence-corrected chi connectivity index (χ2v) is 5.78. The van der Waals surface area contributed by atoms with E-state index in [1.165, 1.54) is 28.4 Å². The van der Waals surface area contributed by atoms with Gasteiger partial charge in [-0.15, -0.1) is 0 Å². The van der Waals surface area contributed by atoms with E-state index in [1.807, 2.05) is 0 Å². The van der Waals surface area contributed by atoms with E-state index in [1.54, 1.807) is 0 Å². The third-order valence-corrected chi connectivity index (χ3v) is 4.73. The summed E-state index contributed by atoms with van der Waals surface area (Å²) in [5, 5.41) is 3.63. The minimum atomic E-state index is 0.393. The van der Waals surface area contributed by atoms with E-state index in [2.05, 4.69) is 53.3 Å². The van der Waals surface area contributed by atoms with Crippen molar-refractivity contribution in [1.29, 1.82) is 0 Å². The fraction of sp³-hybridized carbons (Fsp3) is 0.600. The fourth-order valence-electron chi connectivity index (χ4n) is 2.69. The Morgan fingerprint density at radius 3 is 3.00 bits per heavy atom. The minimum Gasteiger partial charge on any atom is -0.381 e. The van der Waals surface area contributed by atoms with Crippen LogP contribution in [-0.2, 0) is 4.74 Å². The van der Waals surface area contributed by atoms with Crippen LogP contribution in [0.2, 0.25) is 0 Å². The summed E-state index contributed by atoms with van der Waals surface area (Å²) in [5.41, 5.74) is 2.67. The molecular formula is C15H22BrNO. The molecule has 1 aliphatic rings. The molecule has 1 fully saturated rings. The molecule has 1 heterocycles. The third-order valence-electron chi connectivity index (χ3n) is 3.65. The molecule has 1 aliphatic heterocycles. The minimum absolute atomic E-state index is 0.393. The van der Waals surface area contributed by atoms with Crippen LogP contribution in [-0.4, -0.2) is 19.8 Å². The molecular weight excluding hydrogens is 290 g/mol. The number of nitrogens with one attached hydrogen (secondary N) is 1. The van der Waals surface area contributed by atoms with Crippen LogP contribution in [0.15, 0.2) is 22.7 Å². The molecule has 2 nitrogen and oxygen atoms in total. The fourth-order valence-corrected chi connectivity index (χ4v) is 3.20. The lowest BCUT2D eigenvalue weighted by Crippen LogP contribution is -2.33. The monoisotopic (exact) mass is 311 g/mol. The highest BCUT2D eigenvalue weighted by Crippen LogP contribution is 2.34. The zero-order chi connectivity index (χ0) is 13.0. The molecule has 2 atom stereocenters. The van der Waals surface area contributed by atoms with Gasteiger partial charge < -0.3 is 10.1 Å². The van der Waals surface area contributed by atoms with Crippen molar-refractivity contribution >= 4 is 15.9 Å². The second-order valence-electron chi connectivity index (χ2n) is 4.99. The van der Waals surface area contributed by atoms with Crippen LogP contribution in [0.3, 0.4) is 0 Å². The molecule has 18 heavy (non-hydrogen) atoms. The molecule has 0 radical (unpaired) electrons. The lowest BCUT2D eigenvalue weighted by atomic mass is 9.88. The quantitative estimate of drug-likeness (QED) is 0.912. The molecule has 1 saturated heterocycles. The van der Waals surface area contributed by atoms with Crippen LogP contribution in [0.25, 0.3) is 0 Å². The molecule has 2 unspecified atom stereocenters. The Morgan fingerprint density at radius 1 is 1.50 bits per heavy atom. The van der Waals surface area contributed by atoms with E-state index < -0.39 is 0 Å². The van der Waals surface area contributed by atoms with Crippen LogP contribution in [0, 0.1) is 12.8 Å². The average Bonchev–Trinajstić information content (AvgIpc) is 2.41. The molecule has 0 aromatic heterocycles. The largest absolute Gasteiger partial charge is 0.381 e. The summed E-state index contributed by atoms with van der Waals surface area (Å²) in [6.07, 6.45) is 2.42. The molecule has 3 heteroatoms. The van der Waals surface area contributed by atoms with Gasteiger partial charge in [0.05, 0.1) is 6.61 Å². The first kappa shape index (κ1) is 14.0. The Balaban J connectivity index is 2.25. The number of aryl methyl sites for hydroxylation is 1. The first-order valence-electron chi connectivity index (χ1n) is 6.80. The number of hydrogen-bond donors (Lipinski definition) is 1. The van der Waals surface area contributed by atoms with E-state index in [4.69, 9.17) is 4.74 Å². The van der Waals surface area contributed by atoms with Gasteiger partial charge >= 0.3 is 0 Å². The number of benzene rings is 1. The summed E-state index contributed by atoms with van der Waals surface area (Å²) in [6, 6.07) is 6.90. The molecule has 2 rings (SSSR count). The Hall–Kier alpha value is -0.380. The van der Waals surface area contributed by atoms with Crippen molar-refractivity contribution in [3.8, 4) is 0 Å². The van der Waals surface area contributed by atoms with Crippen molar-refractivity contribution in [2.24, 2.45) is 5.92 Å². The molecule has 100 valence electrons. The smallest absolute Gasteiger partial charge is 0.0512 e. The molecule has 0 aliphatic carbocycles. The van der Waals surface area contributed by atoms with Gasteiger partial charge in [0.25, 0.3) is 0 Å². The highest BCUT2D eigenvalue weighted by Gasteiger charge is 2.26. The van der Waals surface area contributed by atoms with Gasteiger partial charge in [0, 0.05) is 23.0 Å². The first-order valence-corrected chi connectivity index (χ1v) is 7.59. The van der Waals surface area contributed by atoms with Gasteiger partial charge in [-0.2, -0.15) is 0 Å². The van der Waals surface area contributed by atoms with Crippen LogP contribution >= 0.6 is 15.9 Å². The van der Waals surface area contributed by atoms with Crippen LogP contribution in [0.4, 0.5) is 0 Å². The van der Waals surface area contributed by atoms with Gasteiger partial charge in [-0.25, -0.2) is 0 Å². The Kier molecular flexibility index (Phi) is 5.22. The summed E-state index contributed by atoms with van der Waals surface area (Å²) in [4.78, 5) is 0. The predicted octanol–water partition coefficient (Wildman–Crippen LogP) is 3.83. The van der Waals surface area contributed by atoms with Gasteiger partial charge in [-0.3, -0.25) is 0 Å². The highest BCUT2D eigenvalue weighted by atomic mass is 79.9. The zero-order valence-electron chi connectivity index (χ0n) is 11.2. The molecule has 1 aromatic carbocycles. The summed E-state index contributed by atoms with van der Waals surface area (Å²) in [7, 11) is 0. The Morgan fingerprint density at radius 2 is 2.33 bits per heavy atom. The van der Waals surface area contributed by atoms with Crippen molar-refractivity contribution < 1.29 is 4.74 Å². The van der Waals surface area contributed by atoms with Gasteiger partial charge in [-0.05, 0) is 37.4 Å².